The van der Waals surface area contributed by atoms with E-state index in [1.54, 1.807) is 0 Å². The summed E-state index contributed by atoms with van der Waals surface area (Å²) in [4.78, 5) is 13.1. The van der Waals surface area contributed by atoms with Crippen LogP contribution in [0.5, 0.6) is 0 Å². The zero-order chi connectivity index (χ0) is 18.3. The number of aromatic nitrogens is 2. The number of hydrogen-bond donors (Lipinski definition) is 1. The van der Waals surface area contributed by atoms with Gasteiger partial charge in [0, 0.05) is 38.4 Å². The maximum atomic E-state index is 6.13. The average Bonchev–Trinajstić information content (AvgIpc) is 3.37. The number of imidazole rings is 1. The van der Waals surface area contributed by atoms with Crippen molar-refractivity contribution in [3.63, 3.8) is 0 Å². The number of piperidine rings is 1. The summed E-state index contributed by atoms with van der Waals surface area (Å²) >= 11 is 0. The van der Waals surface area contributed by atoms with Gasteiger partial charge in [-0.1, -0.05) is 0 Å². The third kappa shape index (κ3) is 3.13. The molecule has 6 heteroatoms. The van der Waals surface area contributed by atoms with Crippen molar-refractivity contribution in [2.24, 2.45) is 0 Å². The van der Waals surface area contributed by atoms with Gasteiger partial charge in [0.1, 0.15) is 17.6 Å². The largest absolute Gasteiger partial charge is 0.462 e. The number of likely N-dealkylation sites (N-methyl/N-ethyl adjacent to an activating group) is 1. The van der Waals surface area contributed by atoms with Crippen LogP contribution in [-0.2, 0) is 23.2 Å². The van der Waals surface area contributed by atoms with Gasteiger partial charge < -0.3 is 14.1 Å². The maximum absolute atomic E-state index is 6.13. The zero-order valence-electron chi connectivity index (χ0n) is 16.2. The van der Waals surface area contributed by atoms with Crippen molar-refractivity contribution in [3.8, 4) is 0 Å². The number of rotatable bonds is 3. The third-order valence-corrected chi connectivity index (χ3v) is 6.83. The molecule has 5 rings (SSSR count). The summed E-state index contributed by atoms with van der Waals surface area (Å²) in [6, 6.07) is 4.25. The Bertz CT molecular complexity index is 769. The first-order chi connectivity index (χ1) is 13.2. The lowest BCUT2D eigenvalue weighted by Gasteiger charge is -2.49. The van der Waals surface area contributed by atoms with Gasteiger partial charge in [-0.2, -0.15) is 0 Å². The molecule has 0 bridgehead atoms. The number of likely N-dealkylation sites (tertiary alicyclic amines) is 1. The van der Waals surface area contributed by atoms with Crippen molar-refractivity contribution >= 4 is 0 Å². The SMILES string of the molecule is CN1CCc2[nH]cnc2C12CCN(Cc1ccc(C3CCCCO3)o1)CC2. The topological polar surface area (TPSA) is 57.5 Å². The molecule has 5 heterocycles. The summed E-state index contributed by atoms with van der Waals surface area (Å²) in [7, 11) is 2.26. The summed E-state index contributed by atoms with van der Waals surface area (Å²) in [6.45, 7) is 5.01. The van der Waals surface area contributed by atoms with E-state index < -0.39 is 0 Å². The molecule has 2 aromatic rings. The minimum atomic E-state index is 0.106. The van der Waals surface area contributed by atoms with Gasteiger partial charge in [-0.3, -0.25) is 9.80 Å². The molecule has 1 spiro atoms. The number of H-pyrrole nitrogens is 1. The van der Waals surface area contributed by atoms with Gasteiger partial charge in [0.25, 0.3) is 0 Å². The van der Waals surface area contributed by atoms with Crippen LogP contribution in [0.3, 0.4) is 0 Å². The molecule has 6 nitrogen and oxygen atoms in total. The second-order valence-electron chi connectivity index (χ2n) is 8.37. The third-order valence-electron chi connectivity index (χ3n) is 6.83. The highest BCUT2D eigenvalue weighted by atomic mass is 16.5. The predicted molar refractivity (Wildman–Crippen MR) is 102 cm³/mol. The van der Waals surface area contributed by atoms with Crippen molar-refractivity contribution in [2.75, 3.05) is 33.3 Å². The number of fused-ring (bicyclic) bond motifs is 2. The molecule has 27 heavy (non-hydrogen) atoms. The van der Waals surface area contributed by atoms with Crippen LogP contribution in [0.1, 0.15) is 61.1 Å². The van der Waals surface area contributed by atoms with E-state index in [0.717, 1.165) is 70.0 Å². The van der Waals surface area contributed by atoms with Gasteiger partial charge in [-0.25, -0.2) is 4.98 Å². The van der Waals surface area contributed by atoms with Crippen LogP contribution in [-0.4, -0.2) is 53.1 Å². The van der Waals surface area contributed by atoms with Crippen LogP contribution in [0.15, 0.2) is 22.9 Å². The molecule has 0 radical (unpaired) electrons. The van der Waals surface area contributed by atoms with Gasteiger partial charge in [0.2, 0.25) is 0 Å². The van der Waals surface area contributed by atoms with E-state index in [1.165, 1.54) is 24.2 Å². The lowest BCUT2D eigenvalue weighted by atomic mass is 9.79. The molecule has 1 atom stereocenters. The predicted octanol–water partition coefficient (Wildman–Crippen LogP) is 3.22. The van der Waals surface area contributed by atoms with Gasteiger partial charge in [0.15, 0.2) is 0 Å². The maximum Gasteiger partial charge on any atom is 0.133 e. The minimum absolute atomic E-state index is 0.106. The monoisotopic (exact) mass is 370 g/mol. The van der Waals surface area contributed by atoms with E-state index in [1.807, 2.05) is 6.33 Å². The number of ether oxygens (including phenoxy) is 1. The summed E-state index contributed by atoms with van der Waals surface area (Å²) in [5, 5.41) is 0. The lowest BCUT2D eigenvalue weighted by Crippen LogP contribution is -2.54. The van der Waals surface area contributed by atoms with Crippen LogP contribution < -0.4 is 0 Å². The normalized spacial score (nSPS) is 26.3. The molecular formula is C21H30N4O2. The molecule has 1 N–H and O–H groups in total. The van der Waals surface area contributed by atoms with Gasteiger partial charge >= 0.3 is 0 Å². The molecular weight excluding hydrogens is 340 g/mol. The Morgan fingerprint density at radius 2 is 2.11 bits per heavy atom. The van der Waals surface area contributed by atoms with Crippen LogP contribution in [0.4, 0.5) is 0 Å². The smallest absolute Gasteiger partial charge is 0.133 e. The van der Waals surface area contributed by atoms with Crippen molar-refractivity contribution in [1.82, 2.24) is 19.8 Å². The summed E-state index contributed by atoms with van der Waals surface area (Å²) < 4.78 is 12.0. The van der Waals surface area contributed by atoms with Crippen LogP contribution in [0.25, 0.3) is 0 Å². The summed E-state index contributed by atoms with van der Waals surface area (Å²) in [5.41, 5.74) is 2.73. The fourth-order valence-corrected chi connectivity index (χ4v) is 5.12. The Kier molecular flexibility index (Phi) is 4.58. The molecule has 1 unspecified atom stereocenters. The van der Waals surface area contributed by atoms with E-state index in [-0.39, 0.29) is 11.6 Å². The molecule has 146 valence electrons. The lowest BCUT2D eigenvalue weighted by molar-refractivity contribution is -0.000514. The number of nitrogens with one attached hydrogen (secondary N) is 1. The molecule has 3 aliphatic rings. The second-order valence-corrected chi connectivity index (χ2v) is 8.37. The fraction of sp³-hybridized carbons (Fsp3) is 0.667. The highest BCUT2D eigenvalue weighted by molar-refractivity contribution is 5.26. The number of hydrogen-bond acceptors (Lipinski definition) is 5. The molecule has 0 saturated carbocycles. The molecule has 2 aromatic heterocycles. The highest BCUT2D eigenvalue weighted by Crippen LogP contribution is 2.41. The quantitative estimate of drug-likeness (QED) is 0.899. The number of nitrogens with zero attached hydrogens (tertiary/aromatic N) is 3. The first kappa shape index (κ1) is 17.5. The highest BCUT2D eigenvalue weighted by Gasteiger charge is 2.44. The Morgan fingerprint density at radius 3 is 2.93 bits per heavy atom. The van der Waals surface area contributed by atoms with Crippen LogP contribution >= 0.6 is 0 Å². The average molecular weight is 370 g/mol. The Labute approximate surface area is 160 Å². The van der Waals surface area contributed by atoms with Gasteiger partial charge in [0.05, 0.1) is 24.1 Å². The van der Waals surface area contributed by atoms with E-state index in [9.17, 15) is 0 Å². The van der Waals surface area contributed by atoms with E-state index in [2.05, 4.69) is 34.0 Å². The Balaban J connectivity index is 1.24. The van der Waals surface area contributed by atoms with E-state index in [0.29, 0.717) is 0 Å². The molecule has 0 aromatic carbocycles. The molecule has 0 aliphatic carbocycles. The Morgan fingerprint density at radius 1 is 1.22 bits per heavy atom. The number of furan rings is 1. The van der Waals surface area contributed by atoms with E-state index >= 15 is 0 Å². The first-order valence-corrected chi connectivity index (χ1v) is 10.4. The van der Waals surface area contributed by atoms with Crippen LogP contribution in [0, 0.1) is 0 Å². The van der Waals surface area contributed by atoms with Gasteiger partial charge in [-0.05, 0) is 51.3 Å². The molecule has 0 amide bonds. The Hall–Kier alpha value is -1.63. The minimum Gasteiger partial charge on any atom is -0.462 e. The van der Waals surface area contributed by atoms with Crippen molar-refractivity contribution in [3.05, 3.63) is 41.4 Å². The molecule has 2 saturated heterocycles. The zero-order valence-corrected chi connectivity index (χ0v) is 16.2. The van der Waals surface area contributed by atoms with Gasteiger partial charge in [-0.15, -0.1) is 0 Å². The standard InChI is InChI=1S/C21H30N4O2/c1-24-10-7-17-20(23-15-22-17)21(24)8-11-25(12-9-21)14-16-5-6-19(27-16)18-4-2-3-13-26-18/h5-6,15,18H,2-4,7-14H2,1H3,(H,22,23). The second kappa shape index (κ2) is 7.08. The number of aromatic amines is 1. The fourth-order valence-electron chi connectivity index (χ4n) is 5.12. The van der Waals surface area contributed by atoms with Crippen molar-refractivity contribution in [2.45, 2.75) is 56.7 Å². The van der Waals surface area contributed by atoms with Crippen molar-refractivity contribution < 1.29 is 9.15 Å². The van der Waals surface area contributed by atoms with Crippen molar-refractivity contribution in [1.29, 1.82) is 0 Å². The summed E-state index contributed by atoms with van der Waals surface area (Å²) in [6.07, 6.45) is 8.85. The van der Waals surface area contributed by atoms with Crippen LogP contribution in [0.2, 0.25) is 0 Å². The summed E-state index contributed by atoms with van der Waals surface area (Å²) in [5.74, 6) is 2.07. The molecule has 3 aliphatic heterocycles. The van der Waals surface area contributed by atoms with E-state index in [4.69, 9.17) is 14.1 Å². The first-order valence-electron chi connectivity index (χ1n) is 10.4. The molecule has 2 fully saturated rings.